The fraction of sp³-hybridized carbons (Fsp3) is 0.741. The van der Waals surface area contributed by atoms with Crippen LogP contribution in [0.15, 0.2) is 42.5 Å². The molecule has 0 bridgehead atoms. The molecular weight excluding hydrogens is 755 g/mol. The van der Waals surface area contributed by atoms with E-state index in [-0.39, 0.29) is 0 Å². The van der Waals surface area contributed by atoms with Gasteiger partial charge in [0.05, 0.1) is 9.85 Å². The number of anilines is 1. The SMILES string of the molecule is CCCCCCCCCCCCCCCCCCCCN(CCCCCCCCCCCCCCCCCCCC)c1ccc(C=Cc2ccc([N+](=O)[O-])c([N+](=O)[O-])c2)cc1. The maximum Gasteiger partial charge on any atom is 0.346 e. The monoisotopic (exact) mass is 846 g/mol. The summed E-state index contributed by atoms with van der Waals surface area (Å²) in [5.74, 6) is 0. The van der Waals surface area contributed by atoms with Crippen LogP contribution in [0.2, 0.25) is 0 Å². The highest BCUT2D eigenvalue weighted by molar-refractivity contribution is 5.73. The van der Waals surface area contributed by atoms with Crippen molar-refractivity contribution in [1.82, 2.24) is 0 Å². The third-order valence-corrected chi connectivity index (χ3v) is 12.7. The van der Waals surface area contributed by atoms with Crippen molar-refractivity contribution in [2.24, 2.45) is 0 Å². The molecule has 0 saturated carbocycles. The van der Waals surface area contributed by atoms with Gasteiger partial charge in [-0.1, -0.05) is 256 Å². The summed E-state index contributed by atoms with van der Waals surface area (Å²) in [6.45, 7) is 6.75. The third kappa shape index (κ3) is 28.9. The maximum absolute atomic E-state index is 11.4. The van der Waals surface area contributed by atoms with Crippen molar-refractivity contribution >= 4 is 29.2 Å². The molecule has 2 rings (SSSR count). The average Bonchev–Trinajstić information content (AvgIpc) is 3.26. The van der Waals surface area contributed by atoms with Gasteiger partial charge in [0.25, 0.3) is 0 Å². The fourth-order valence-corrected chi connectivity index (χ4v) is 8.71. The molecule has 346 valence electrons. The molecule has 0 N–H and O–H groups in total. The molecule has 2 aromatic rings. The number of nitro groups is 2. The molecule has 7 nitrogen and oxygen atoms in total. The van der Waals surface area contributed by atoms with Gasteiger partial charge in [-0.05, 0) is 42.2 Å². The minimum atomic E-state index is -0.710. The van der Waals surface area contributed by atoms with Gasteiger partial charge in [0, 0.05) is 30.9 Å². The van der Waals surface area contributed by atoms with Crippen molar-refractivity contribution in [3.8, 4) is 0 Å². The zero-order valence-corrected chi connectivity index (χ0v) is 39.5. The highest BCUT2D eigenvalue weighted by Gasteiger charge is 2.23. The van der Waals surface area contributed by atoms with Crippen LogP contribution in [-0.2, 0) is 0 Å². The summed E-state index contributed by atoms with van der Waals surface area (Å²) in [6, 6.07) is 12.6. The Hall–Kier alpha value is -3.22. The van der Waals surface area contributed by atoms with Crippen LogP contribution in [0.1, 0.15) is 256 Å². The smallest absolute Gasteiger partial charge is 0.346 e. The Balaban J connectivity index is 1.69. The standard InChI is InChI=1S/C54H91N3O4/c1-3-5-7-9-11-13-15-17-19-21-23-25-27-29-31-33-35-37-47-55(48-38-36-34-32-30-28-26-24-22-20-18-16-14-12-10-8-6-4-2)52-44-41-50(42-45-52)39-40-51-43-46-53(56(58)59)54(49-51)57(60)61/h39-46,49H,3-38,47-48H2,1-2H3. The molecule has 0 aliphatic carbocycles. The fourth-order valence-electron chi connectivity index (χ4n) is 8.71. The molecule has 0 aliphatic rings. The predicted molar refractivity (Wildman–Crippen MR) is 265 cm³/mol. The van der Waals surface area contributed by atoms with Crippen LogP contribution in [0.3, 0.4) is 0 Å². The van der Waals surface area contributed by atoms with Gasteiger partial charge in [-0.2, -0.15) is 0 Å². The Morgan fingerprint density at radius 1 is 0.377 bits per heavy atom. The lowest BCUT2D eigenvalue weighted by Crippen LogP contribution is -2.25. The van der Waals surface area contributed by atoms with Crippen molar-refractivity contribution in [3.63, 3.8) is 0 Å². The predicted octanol–water partition coefficient (Wildman–Crippen LogP) is 18.6. The molecule has 0 aliphatic heterocycles. The molecule has 0 aromatic heterocycles. The Morgan fingerprint density at radius 3 is 0.967 bits per heavy atom. The van der Waals surface area contributed by atoms with E-state index in [2.05, 4.69) is 43.0 Å². The Morgan fingerprint density at radius 2 is 0.656 bits per heavy atom. The number of nitrogens with zero attached hydrogens (tertiary/aromatic N) is 3. The Kier molecular flexibility index (Phi) is 34.0. The van der Waals surface area contributed by atoms with Crippen molar-refractivity contribution < 1.29 is 9.85 Å². The van der Waals surface area contributed by atoms with Gasteiger partial charge in [0.15, 0.2) is 0 Å². The molecule has 0 atom stereocenters. The molecule has 61 heavy (non-hydrogen) atoms. The summed E-state index contributed by atoms with van der Waals surface area (Å²) in [5, 5.41) is 22.6. The van der Waals surface area contributed by atoms with Crippen LogP contribution in [0.5, 0.6) is 0 Å². The first kappa shape index (κ1) is 53.9. The zero-order chi connectivity index (χ0) is 43.9. The van der Waals surface area contributed by atoms with E-state index in [0.29, 0.717) is 5.56 Å². The largest absolute Gasteiger partial charge is 0.372 e. The van der Waals surface area contributed by atoms with E-state index in [9.17, 15) is 20.2 Å². The molecule has 0 fully saturated rings. The summed E-state index contributed by atoms with van der Waals surface area (Å²) in [4.78, 5) is 23.8. The van der Waals surface area contributed by atoms with E-state index in [1.165, 1.54) is 249 Å². The minimum absolute atomic E-state index is 0.489. The van der Waals surface area contributed by atoms with Crippen LogP contribution in [0.25, 0.3) is 12.2 Å². The van der Waals surface area contributed by atoms with Crippen LogP contribution in [0, 0.1) is 20.2 Å². The zero-order valence-electron chi connectivity index (χ0n) is 39.5. The van der Waals surface area contributed by atoms with Gasteiger partial charge in [0.1, 0.15) is 0 Å². The van der Waals surface area contributed by atoms with Crippen LogP contribution < -0.4 is 4.90 Å². The minimum Gasteiger partial charge on any atom is -0.372 e. The normalized spacial score (nSPS) is 11.5. The second-order valence-electron chi connectivity index (χ2n) is 18.2. The molecule has 0 saturated heterocycles. The molecule has 2 aromatic carbocycles. The molecule has 0 amide bonds. The number of benzene rings is 2. The number of rotatable bonds is 43. The first-order chi connectivity index (χ1) is 30.0. The first-order valence-electron chi connectivity index (χ1n) is 25.9. The number of nitro benzene ring substituents is 2. The van der Waals surface area contributed by atoms with Crippen molar-refractivity contribution in [2.75, 3.05) is 18.0 Å². The third-order valence-electron chi connectivity index (χ3n) is 12.7. The number of hydrogen-bond donors (Lipinski definition) is 0. The first-order valence-corrected chi connectivity index (χ1v) is 25.9. The van der Waals surface area contributed by atoms with Crippen molar-refractivity contribution in [2.45, 2.75) is 245 Å². The molecule has 7 heteroatoms. The Labute approximate surface area is 374 Å². The van der Waals surface area contributed by atoms with Gasteiger partial charge in [-0.25, -0.2) is 0 Å². The van der Waals surface area contributed by atoms with Crippen LogP contribution >= 0.6 is 0 Å². The molecule has 0 spiro atoms. The molecule has 0 heterocycles. The summed E-state index contributed by atoms with van der Waals surface area (Å²) in [6.07, 6.45) is 53.7. The summed E-state index contributed by atoms with van der Waals surface area (Å²) < 4.78 is 0. The van der Waals surface area contributed by atoms with Crippen molar-refractivity contribution in [3.05, 3.63) is 73.8 Å². The maximum atomic E-state index is 11.4. The molecular formula is C54H91N3O4. The summed E-state index contributed by atoms with van der Waals surface area (Å²) >= 11 is 0. The Bertz CT molecular complexity index is 1340. The van der Waals surface area contributed by atoms with Crippen molar-refractivity contribution in [1.29, 1.82) is 0 Å². The lowest BCUT2D eigenvalue weighted by atomic mass is 10.0. The van der Waals surface area contributed by atoms with Crippen LogP contribution in [0.4, 0.5) is 17.1 Å². The quantitative estimate of drug-likeness (QED) is 0.0287. The van der Waals surface area contributed by atoms with E-state index in [4.69, 9.17) is 0 Å². The highest BCUT2D eigenvalue weighted by atomic mass is 16.6. The van der Waals surface area contributed by atoms with Gasteiger partial charge < -0.3 is 4.90 Å². The number of unbranched alkanes of at least 4 members (excludes halogenated alkanes) is 34. The van der Waals surface area contributed by atoms with E-state index >= 15 is 0 Å². The van der Waals surface area contributed by atoms with Crippen LogP contribution in [-0.4, -0.2) is 22.9 Å². The molecule has 0 radical (unpaired) electrons. The van der Waals surface area contributed by atoms with E-state index in [1.54, 1.807) is 12.1 Å². The summed E-state index contributed by atoms with van der Waals surface area (Å²) in [5.41, 5.74) is 1.83. The highest BCUT2D eigenvalue weighted by Crippen LogP contribution is 2.29. The second kappa shape index (κ2) is 38.5. The van der Waals surface area contributed by atoms with E-state index in [0.717, 1.165) is 18.7 Å². The van der Waals surface area contributed by atoms with Gasteiger partial charge in [0.2, 0.25) is 0 Å². The topological polar surface area (TPSA) is 89.5 Å². The van der Waals surface area contributed by atoms with Gasteiger partial charge in [-0.15, -0.1) is 0 Å². The average molecular weight is 846 g/mol. The second-order valence-corrected chi connectivity index (χ2v) is 18.2. The number of hydrogen-bond acceptors (Lipinski definition) is 5. The van der Waals surface area contributed by atoms with E-state index < -0.39 is 21.2 Å². The summed E-state index contributed by atoms with van der Waals surface area (Å²) in [7, 11) is 0. The molecule has 0 unspecified atom stereocenters. The lowest BCUT2D eigenvalue weighted by molar-refractivity contribution is -0.422. The van der Waals surface area contributed by atoms with E-state index in [1.807, 2.05) is 6.08 Å². The van der Waals surface area contributed by atoms with Gasteiger partial charge in [-0.3, -0.25) is 20.2 Å². The lowest BCUT2D eigenvalue weighted by Gasteiger charge is -2.25. The van der Waals surface area contributed by atoms with Gasteiger partial charge >= 0.3 is 11.4 Å².